The molecular formula is C23H25BrN2O3. The first-order chi connectivity index (χ1) is 13.9. The molecule has 0 radical (unpaired) electrons. The summed E-state index contributed by atoms with van der Waals surface area (Å²) in [5.41, 5.74) is 3.44. The Morgan fingerprint density at radius 3 is 2.66 bits per heavy atom. The van der Waals surface area contributed by atoms with Gasteiger partial charge in [-0.1, -0.05) is 34.1 Å². The molecular weight excluding hydrogens is 432 g/mol. The predicted molar refractivity (Wildman–Crippen MR) is 118 cm³/mol. The van der Waals surface area contributed by atoms with Crippen molar-refractivity contribution in [2.24, 2.45) is 0 Å². The summed E-state index contributed by atoms with van der Waals surface area (Å²) >= 11 is 3.48. The highest BCUT2D eigenvalue weighted by atomic mass is 79.9. The van der Waals surface area contributed by atoms with Crippen LogP contribution in [-0.2, 0) is 11.3 Å². The monoisotopic (exact) mass is 456 g/mol. The van der Waals surface area contributed by atoms with Gasteiger partial charge in [-0.05, 0) is 50.6 Å². The quantitative estimate of drug-likeness (QED) is 0.573. The van der Waals surface area contributed by atoms with Crippen LogP contribution in [0.1, 0.15) is 35.5 Å². The van der Waals surface area contributed by atoms with Crippen LogP contribution in [-0.4, -0.2) is 36.1 Å². The van der Waals surface area contributed by atoms with Gasteiger partial charge in [0.25, 0.3) is 5.91 Å². The summed E-state index contributed by atoms with van der Waals surface area (Å²) in [4.78, 5) is 15.4. The number of carbonyl (C=O) groups is 1. The van der Waals surface area contributed by atoms with Crippen molar-refractivity contribution in [3.63, 3.8) is 0 Å². The van der Waals surface area contributed by atoms with Gasteiger partial charge in [0, 0.05) is 40.7 Å². The summed E-state index contributed by atoms with van der Waals surface area (Å²) in [5.74, 6) is 0.118. The molecule has 2 atom stereocenters. The number of fused-ring (bicyclic) bond motifs is 1. The van der Waals surface area contributed by atoms with E-state index in [1.807, 2.05) is 43.3 Å². The van der Waals surface area contributed by atoms with Gasteiger partial charge in [0.15, 0.2) is 5.76 Å². The van der Waals surface area contributed by atoms with Gasteiger partial charge < -0.3 is 14.5 Å². The maximum atomic E-state index is 13.0. The van der Waals surface area contributed by atoms with Gasteiger partial charge in [-0.2, -0.15) is 0 Å². The summed E-state index contributed by atoms with van der Waals surface area (Å²) in [5, 5.41) is 3.99. The number of benzene rings is 2. The van der Waals surface area contributed by atoms with E-state index in [2.05, 4.69) is 46.1 Å². The van der Waals surface area contributed by atoms with Gasteiger partial charge in [0.2, 0.25) is 0 Å². The first kappa shape index (κ1) is 20.1. The van der Waals surface area contributed by atoms with E-state index < -0.39 is 0 Å². The Labute approximate surface area is 179 Å². The standard InChI is InChI=1S/C23H25BrN2O3/c1-14-11-26(12-15(2)28-14)13-17-6-4-5-7-20(17)25-23(27)22-16(3)19-10-18(24)8-9-21(19)29-22/h4-10,14-15H,11-13H2,1-3H3,(H,25,27). The number of furan rings is 1. The van der Waals surface area contributed by atoms with Crippen molar-refractivity contribution in [1.82, 2.24) is 4.90 Å². The maximum Gasteiger partial charge on any atom is 0.291 e. The number of para-hydroxylation sites is 1. The van der Waals surface area contributed by atoms with Crippen LogP contribution in [0.3, 0.4) is 0 Å². The van der Waals surface area contributed by atoms with Crippen molar-refractivity contribution in [2.75, 3.05) is 18.4 Å². The molecule has 2 unspecified atom stereocenters. The molecule has 1 saturated heterocycles. The minimum Gasteiger partial charge on any atom is -0.451 e. The van der Waals surface area contributed by atoms with E-state index in [0.29, 0.717) is 11.3 Å². The van der Waals surface area contributed by atoms with Crippen molar-refractivity contribution in [1.29, 1.82) is 0 Å². The third kappa shape index (κ3) is 4.39. The van der Waals surface area contributed by atoms with Crippen molar-refractivity contribution in [3.8, 4) is 0 Å². The molecule has 2 heterocycles. The number of anilines is 1. The number of rotatable bonds is 4. The van der Waals surface area contributed by atoms with Gasteiger partial charge in [-0.3, -0.25) is 9.69 Å². The third-order valence-corrected chi connectivity index (χ3v) is 5.75. The van der Waals surface area contributed by atoms with E-state index in [4.69, 9.17) is 9.15 Å². The van der Waals surface area contributed by atoms with Gasteiger partial charge >= 0.3 is 0 Å². The average molecular weight is 457 g/mol. The molecule has 152 valence electrons. The number of halogens is 1. The fourth-order valence-electron chi connectivity index (χ4n) is 4.02. The van der Waals surface area contributed by atoms with E-state index in [1.165, 1.54) is 0 Å². The van der Waals surface area contributed by atoms with Crippen LogP contribution in [0.4, 0.5) is 5.69 Å². The fraction of sp³-hybridized carbons (Fsp3) is 0.348. The van der Waals surface area contributed by atoms with Crippen LogP contribution in [0, 0.1) is 6.92 Å². The number of nitrogens with one attached hydrogen (secondary N) is 1. The Hall–Kier alpha value is -2.15. The van der Waals surface area contributed by atoms with Crippen LogP contribution in [0.2, 0.25) is 0 Å². The van der Waals surface area contributed by atoms with Gasteiger partial charge in [0.05, 0.1) is 12.2 Å². The lowest BCUT2D eigenvalue weighted by atomic mass is 10.1. The number of ether oxygens (including phenoxy) is 1. The topological polar surface area (TPSA) is 54.7 Å². The molecule has 29 heavy (non-hydrogen) atoms. The molecule has 1 aliphatic rings. The van der Waals surface area contributed by atoms with E-state index >= 15 is 0 Å². The van der Waals surface area contributed by atoms with Gasteiger partial charge in [0.1, 0.15) is 5.58 Å². The van der Waals surface area contributed by atoms with Crippen molar-refractivity contribution >= 4 is 38.5 Å². The number of hydrogen-bond acceptors (Lipinski definition) is 4. The molecule has 6 heteroatoms. The van der Waals surface area contributed by atoms with Crippen LogP contribution >= 0.6 is 15.9 Å². The average Bonchev–Trinajstić information content (AvgIpc) is 2.99. The summed E-state index contributed by atoms with van der Waals surface area (Å²) in [6.07, 6.45) is 0.413. The minimum atomic E-state index is -0.231. The van der Waals surface area contributed by atoms with Gasteiger partial charge in [-0.15, -0.1) is 0 Å². The lowest BCUT2D eigenvalue weighted by molar-refractivity contribution is -0.0704. The van der Waals surface area contributed by atoms with Gasteiger partial charge in [-0.25, -0.2) is 0 Å². The first-order valence-electron chi connectivity index (χ1n) is 9.86. The molecule has 0 spiro atoms. The summed E-state index contributed by atoms with van der Waals surface area (Å²) < 4.78 is 12.6. The molecule has 3 aromatic rings. The highest BCUT2D eigenvalue weighted by molar-refractivity contribution is 9.10. The molecule has 1 amide bonds. The normalized spacial score (nSPS) is 20.1. The zero-order valence-electron chi connectivity index (χ0n) is 16.9. The highest BCUT2D eigenvalue weighted by Gasteiger charge is 2.24. The van der Waals surface area contributed by atoms with Crippen molar-refractivity contribution < 1.29 is 13.9 Å². The predicted octanol–water partition coefficient (Wildman–Crippen LogP) is 5.37. The van der Waals surface area contributed by atoms with Crippen LogP contribution < -0.4 is 5.32 Å². The molecule has 1 N–H and O–H groups in total. The fourth-order valence-corrected chi connectivity index (χ4v) is 4.38. The minimum absolute atomic E-state index is 0.207. The number of nitrogens with zero attached hydrogens (tertiary/aromatic N) is 1. The lowest BCUT2D eigenvalue weighted by Crippen LogP contribution is -2.44. The van der Waals surface area contributed by atoms with Crippen molar-refractivity contribution in [3.05, 3.63) is 63.8 Å². The van der Waals surface area contributed by atoms with E-state index in [9.17, 15) is 4.79 Å². The van der Waals surface area contributed by atoms with Crippen LogP contribution in [0.25, 0.3) is 11.0 Å². The number of hydrogen-bond donors (Lipinski definition) is 1. The molecule has 4 rings (SSSR count). The van der Waals surface area contributed by atoms with Crippen molar-refractivity contribution in [2.45, 2.75) is 39.5 Å². The lowest BCUT2D eigenvalue weighted by Gasteiger charge is -2.35. The largest absolute Gasteiger partial charge is 0.451 e. The summed E-state index contributed by atoms with van der Waals surface area (Å²) in [6.45, 7) is 8.63. The van der Waals surface area contributed by atoms with Crippen LogP contribution in [0.15, 0.2) is 51.4 Å². The smallest absolute Gasteiger partial charge is 0.291 e. The molecule has 1 fully saturated rings. The molecule has 0 aliphatic carbocycles. The molecule has 1 aliphatic heterocycles. The van der Waals surface area contributed by atoms with E-state index in [1.54, 1.807) is 0 Å². The molecule has 5 nitrogen and oxygen atoms in total. The summed E-state index contributed by atoms with van der Waals surface area (Å²) in [7, 11) is 0. The number of aryl methyl sites for hydroxylation is 1. The molecule has 0 saturated carbocycles. The highest BCUT2D eigenvalue weighted by Crippen LogP contribution is 2.29. The first-order valence-corrected chi connectivity index (χ1v) is 10.7. The number of carbonyl (C=O) groups excluding carboxylic acids is 1. The Balaban J connectivity index is 1.56. The Morgan fingerprint density at radius 2 is 1.90 bits per heavy atom. The second kappa shape index (κ2) is 8.30. The summed E-state index contributed by atoms with van der Waals surface area (Å²) in [6, 6.07) is 13.7. The zero-order chi connectivity index (χ0) is 20.5. The third-order valence-electron chi connectivity index (χ3n) is 5.26. The molecule has 2 aromatic carbocycles. The Kier molecular flexibility index (Phi) is 5.76. The second-order valence-electron chi connectivity index (χ2n) is 7.76. The Bertz CT molecular complexity index is 1040. The van der Waals surface area contributed by atoms with Crippen LogP contribution in [0.5, 0.6) is 0 Å². The number of morpholine rings is 1. The molecule has 0 bridgehead atoms. The number of amides is 1. The molecule has 1 aromatic heterocycles. The van der Waals surface area contributed by atoms with E-state index in [0.717, 1.165) is 46.3 Å². The maximum absolute atomic E-state index is 13.0. The second-order valence-corrected chi connectivity index (χ2v) is 8.68. The van der Waals surface area contributed by atoms with E-state index in [-0.39, 0.29) is 18.1 Å². The Morgan fingerprint density at radius 1 is 1.17 bits per heavy atom. The SMILES string of the molecule is Cc1c(C(=O)Nc2ccccc2CN2CC(C)OC(C)C2)oc2ccc(Br)cc12. The zero-order valence-corrected chi connectivity index (χ0v) is 18.5.